The lowest BCUT2D eigenvalue weighted by atomic mass is 10.1. The van der Waals surface area contributed by atoms with Crippen molar-refractivity contribution in [3.63, 3.8) is 0 Å². The number of likely N-dealkylation sites (tertiary alicyclic amines) is 1. The normalized spacial score (nSPS) is 20.7. The van der Waals surface area contributed by atoms with E-state index in [2.05, 4.69) is 36.4 Å². The molecule has 0 aliphatic carbocycles. The molecule has 1 aliphatic rings. The molecule has 1 saturated heterocycles. The minimum Gasteiger partial charge on any atom is -0.377 e. The van der Waals surface area contributed by atoms with Crippen LogP contribution in [0, 0.1) is 0 Å². The van der Waals surface area contributed by atoms with Crippen LogP contribution in [0.2, 0.25) is 0 Å². The Labute approximate surface area is 126 Å². The van der Waals surface area contributed by atoms with Gasteiger partial charge in [0, 0.05) is 37.7 Å². The number of nitrogens with one attached hydrogen (secondary N) is 1. The van der Waals surface area contributed by atoms with Crippen LogP contribution in [0.3, 0.4) is 0 Å². The molecule has 2 heterocycles. The fourth-order valence-electron chi connectivity index (χ4n) is 2.55. The van der Waals surface area contributed by atoms with E-state index in [1.165, 1.54) is 30.1 Å². The van der Waals surface area contributed by atoms with Crippen molar-refractivity contribution in [1.29, 1.82) is 0 Å². The second-order valence-corrected chi connectivity index (χ2v) is 6.67. The summed E-state index contributed by atoms with van der Waals surface area (Å²) in [6.45, 7) is 11.3. The molecule has 1 atom stereocenters. The van der Waals surface area contributed by atoms with E-state index in [4.69, 9.17) is 9.72 Å². The summed E-state index contributed by atoms with van der Waals surface area (Å²) < 4.78 is 5.75. The zero-order valence-corrected chi connectivity index (χ0v) is 13.7. The maximum Gasteiger partial charge on any atom is 0.107 e. The van der Waals surface area contributed by atoms with E-state index in [0.717, 1.165) is 26.2 Å². The number of ether oxygens (including phenoxy) is 1. The highest BCUT2D eigenvalue weighted by Gasteiger charge is 2.20. The number of nitrogens with zero attached hydrogens (tertiary/aromatic N) is 2. The highest BCUT2D eigenvalue weighted by Crippen LogP contribution is 2.17. The van der Waals surface area contributed by atoms with Gasteiger partial charge in [-0.05, 0) is 26.3 Å². The second kappa shape index (κ2) is 8.08. The van der Waals surface area contributed by atoms with Gasteiger partial charge in [-0.15, -0.1) is 11.3 Å². The molecule has 114 valence electrons. The molecule has 0 saturated carbocycles. The molecule has 1 aromatic heterocycles. The standard InChI is InChI=1S/C15H27N3OS/c1-4-19-14-6-5-7-18(10-14)9-13-11-20-15(17-13)8-16-12(2)3/h11-12,14,16H,4-10H2,1-3H3. The Hall–Kier alpha value is -0.490. The largest absolute Gasteiger partial charge is 0.377 e. The number of rotatable bonds is 7. The summed E-state index contributed by atoms with van der Waals surface area (Å²) in [7, 11) is 0. The third kappa shape index (κ3) is 5.13. The first-order chi connectivity index (χ1) is 9.67. The van der Waals surface area contributed by atoms with E-state index in [9.17, 15) is 0 Å². The lowest BCUT2D eigenvalue weighted by molar-refractivity contribution is 0.00335. The molecular formula is C15H27N3OS. The average Bonchev–Trinajstić information content (AvgIpc) is 2.85. The summed E-state index contributed by atoms with van der Waals surface area (Å²) in [4.78, 5) is 7.19. The van der Waals surface area contributed by atoms with Crippen molar-refractivity contribution >= 4 is 11.3 Å². The molecule has 20 heavy (non-hydrogen) atoms. The van der Waals surface area contributed by atoms with Crippen molar-refractivity contribution in [2.24, 2.45) is 0 Å². The third-order valence-corrected chi connectivity index (χ3v) is 4.41. The monoisotopic (exact) mass is 297 g/mol. The van der Waals surface area contributed by atoms with Crippen LogP contribution in [0.1, 0.15) is 44.3 Å². The van der Waals surface area contributed by atoms with Crippen molar-refractivity contribution in [1.82, 2.24) is 15.2 Å². The predicted molar refractivity (Wildman–Crippen MR) is 84.0 cm³/mol. The third-order valence-electron chi connectivity index (χ3n) is 3.51. The van der Waals surface area contributed by atoms with Gasteiger partial charge in [0.2, 0.25) is 0 Å². The zero-order valence-electron chi connectivity index (χ0n) is 12.9. The molecular weight excluding hydrogens is 270 g/mol. The Morgan fingerprint density at radius 3 is 3.15 bits per heavy atom. The van der Waals surface area contributed by atoms with Gasteiger partial charge in [0.15, 0.2) is 0 Å². The van der Waals surface area contributed by atoms with Gasteiger partial charge < -0.3 is 10.1 Å². The lowest BCUT2D eigenvalue weighted by Crippen LogP contribution is -2.39. The van der Waals surface area contributed by atoms with Gasteiger partial charge in [-0.1, -0.05) is 13.8 Å². The summed E-state index contributed by atoms with van der Waals surface area (Å²) in [5.74, 6) is 0. The van der Waals surface area contributed by atoms with Crippen molar-refractivity contribution in [2.45, 2.75) is 58.8 Å². The number of thiazole rings is 1. The van der Waals surface area contributed by atoms with Crippen LogP contribution < -0.4 is 5.32 Å². The molecule has 0 radical (unpaired) electrons. The van der Waals surface area contributed by atoms with E-state index in [0.29, 0.717) is 12.1 Å². The molecule has 0 aromatic carbocycles. The van der Waals surface area contributed by atoms with Crippen molar-refractivity contribution in [3.8, 4) is 0 Å². The molecule has 0 spiro atoms. The summed E-state index contributed by atoms with van der Waals surface area (Å²) in [6, 6.07) is 0.511. The van der Waals surface area contributed by atoms with Crippen molar-refractivity contribution in [2.75, 3.05) is 19.7 Å². The first kappa shape index (κ1) is 15.9. The number of hydrogen-bond acceptors (Lipinski definition) is 5. The van der Waals surface area contributed by atoms with Gasteiger partial charge in [-0.3, -0.25) is 4.90 Å². The van der Waals surface area contributed by atoms with Gasteiger partial charge in [0.25, 0.3) is 0 Å². The van der Waals surface area contributed by atoms with E-state index in [-0.39, 0.29) is 0 Å². The minimum absolute atomic E-state index is 0.412. The maximum atomic E-state index is 5.75. The van der Waals surface area contributed by atoms with E-state index in [1.807, 2.05) is 0 Å². The maximum absolute atomic E-state index is 5.75. The number of piperidine rings is 1. The Bertz CT molecular complexity index is 392. The first-order valence-electron chi connectivity index (χ1n) is 7.68. The molecule has 1 N–H and O–H groups in total. The number of aromatic nitrogens is 1. The highest BCUT2D eigenvalue weighted by molar-refractivity contribution is 7.09. The van der Waals surface area contributed by atoms with Crippen LogP contribution in [0.5, 0.6) is 0 Å². The average molecular weight is 297 g/mol. The summed E-state index contributed by atoms with van der Waals surface area (Å²) >= 11 is 1.76. The Balaban J connectivity index is 1.80. The smallest absolute Gasteiger partial charge is 0.107 e. The molecule has 0 bridgehead atoms. The second-order valence-electron chi connectivity index (χ2n) is 5.72. The highest BCUT2D eigenvalue weighted by atomic mass is 32.1. The topological polar surface area (TPSA) is 37.4 Å². The molecule has 1 unspecified atom stereocenters. The van der Waals surface area contributed by atoms with Crippen LogP contribution in [0.15, 0.2) is 5.38 Å². The van der Waals surface area contributed by atoms with E-state index >= 15 is 0 Å². The fourth-order valence-corrected chi connectivity index (χ4v) is 3.29. The molecule has 2 rings (SSSR count). The number of hydrogen-bond donors (Lipinski definition) is 1. The van der Waals surface area contributed by atoms with Crippen LogP contribution in [0.25, 0.3) is 0 Å². The van der Waals surface area contributed by atoms with E-state index < -0.39 is 0 Å². The summed E-state index contributed by atoms with van der Waals surface area (Å²) in [5, 5.41) is 6.80. The molecule has 1 aromatic rings. The first-order valence-corrected chi connectivity index (χ1v) is 8.56. The van der Waals surface area contributed by atoms with Gasteiger partial charge in [0.05, 0.1) is 11.8 Å². The van der Waals surface area contributed by atoms with Crippen LogP contribution in [0.4, 0.5) is 0 Å². The molecule has 4 nitrogen and oxygen atoms in total. The van der Waals surface area contributed by atoms with Crippen LogP contribution in [-0.2, 0) is 17.8 Å². The van der Waals surface area contributed by atoms with Gasteiger partial charge in [0.1, 0.15) is 5.01 Å². The summed E-state index contributed by atoms with van der Waals surface area (Å²) in [5.41, 5.74) is 1.20. The van der Waals surface area contributed by atoms with Gasteiger partial charge in [-0.2, -0.15) is 0 Å². The Kier molecular flexibility index (Phi) is 6.42. The Morgan fingerprint density at radius 2 is 2.40 bits per heavy atom. The van der Waals surface area contributed by atoms with Gasteiger partial charge >= 0.3 is 0 Å². The summed E-state index contributed by atoms with van der Waals surface area (Å²) in [6.07, 6.45) is 2.84. The lowest BCUT2D eigenvalue weighted by Gasteiger charge is -2.31. The molecule has 5 heteroatoms. The SMILES string of the molecule is CCOC1CCCN(Cc2csc(CNC(C)C)n2)C1. The molecule has 1 fully saturated rings. The van der Waals surface area contributed by atoms with Gasteiger partial charge in [-0.25, -0.2) is 4.98 Å². The minimum atomic E-state index is 0.412. The quantitative estimate of drug-likeness (QED) is 0.839. The van der Waals surface area contributed by atoms with Crippen LogP contribution >= 0.6 is 11.3 Å². The van der Waals surface area contributed by atoms with Crippen molar-refractivity contribution in [3.05, 3.63) is 16.1 Å². The predicted octanol–water partition coefficient (Wildman–Crippen LogP) is 2.64. The van der Waals surface area contributed by atoms with E-state index in [1.54, 1.807) is 11.3 Å². The molecule has 0 amide bonds. The Morgan fingerprint density at radius 1 is 1.55 bits per heavy atom. The zero-order chi connectivity index (χ0) is 14.4. The van der Waals surface area contributed by atoms with Crippen molar-refractivity contribution < 1.29 is 4.74 Å². The molecule has 1 aliphatic heterocycles. The van der Waals surface area contributed by atoms with Crippen LogP contribution in [-0.4, -0.2) is 41.7 Å². The fraction of sp³-hybridized carbons (Fsp3) is 0.800.